The summed E-state index contributed by atoms with van der Waals surface area (Å²) in [5.74, 6) is -0.174. The molecule has 1 aromatic rings. The fourth-order valence-electron chi connectivity index (χ4n) is 1.93. The van der Waals surface area contributed by atoms with E-state index < -0.39 is 6.10 Å². The Kier molecular flexibility index (Phi) is 2.83. The molecule has 4 nitrogen and oxygen atoms in total. The van der Waals surface area contributed by atoms with E-state index >= 15 is 0 Å². The summed E-state index contributed by atoms with van der Waals surface area (Å²) in [5, 5.41) is 19.1. The Morgan fingerprint density at radius 3 is 2.88 bits per heavy atom. The molecule has 0 radical (unpaired) electrons. The lowest BCUT2D eigenvalue weighted by Gasteiger charge is -2.16. The monoisotopic (exact) mass is 221 g/mol. The molecule has 1 aliphatic rings. The molecular formula is C12H15NO3. The van der Waals surface area contributed by atoms with Gasteiger partial charge in [0.05, 0.1) is 11.7 Å². The third kappa shape index (κ3) is 1.88. The number of nitrogens with zero attached hydrogens (tertiary/aromatic N) is 1. The van der Waals surface area contributed by atoms with Crippen molar-refractivity contribution in [2.75, 3.05) is 13.1 Å². The van der Waals surface area contributed by atoms with Crippen LogP contribution in [0.4, 0.5) is 0 Å². The maximum Gasteiger partial charge on any atom is 0.257 e. The number of hydrogen-bond acceptors (Lipinski definition) is 3. The number of aliphatic hydroxyl groups excluding tert-OH is 1. The third-order valence-electron chi connectivity index (χ3n) is 2.92. The summed E-state index contributed by atoms with van der Waals surface area (Å²) in [4.78, 5) is 13.6. The van der Waals surface area contributed by atoms with Crippen molar-refractivity contribution in [1.29, 1.82) is 0 Å². The van der Waals surface area contributed by atoms with E-state index in [-0.39, 0.29) is 11.7 Å². The number of phenolic OH excluding ortho intramolecular Hbond substituents is 1. The van der Waals surface area contributed by atoms with Gasteiger partial charge in [0.25, 0.3) is 5.91 Å². The minimum atomic E-state index is -0.434. The summed E-state index contributed by atoms with van der Waals surface area (Å²) in [6, 6.07) is 5.11. The second-order valence-corrected chi connectivity index (χ2v) is 4.16. The predicted molar refractivity (Wildman–Crippen MR) is 59.4 cm³/mol. The lowest BCUT2D eigenvalue weighted by molar-refractivity contribution is 0.0762. The molecule has 86 valence electrons. The molecule has 0 aromatic heterocycles. The van der Waals surface area contributed by atoms with Gasteiger partial charge in [0, 0.05) is 13.1 Å². The van der Waals surface area contributed by atoms with E-state index in [4.69, 9.17) is 0 Å². The fourth-order valence-corrected chi connectivity index (χ4v) is 1.93. The average Bonchev–Trinajstić information content (AvgIpc) is 2.68. The molecule has 1 heterocycles. The number of para-hydroxylation sites is 1. The van der Waals surface area contributed by atoms with Crippen LogP contribution in [0.15, 0.2) is 18.2 Å². The molecule has 0 bridgehead atoms. The van der Waals surface area contributed by atoms with Gasteiger partial charge in [0.15, 0.2) is 0 Å². The SMILES string of the molecule is Cc1cccc(C(=O)N2CCC(O)C2)c1O. The minimum absolute atomic E-state index is 0.0360. The topological polar surface area (TPSA) is 60.8 Å². The van der Waals surface area contributed by atoms with Gasteiger partial charge in [-0.25, -0.2) is 0 Å². The number of aliphatic hydroxyl groups is 1. The number of benzene rings is 1. The van der Waals surface area contributed by atoms with Gasteiger partial charge < -0.3 is 15.1 Å². The second-order valence-electron chi connectivity index (χ2n) is 4.16. The molecule has 0 spiro atoms. The lowest BCUT2D eigenvalue weighted by Crippen LogP contribution is -2.29. The third-order valence-corrected chi connectivity index (χ3v) is 2.92. The molecule has 2 N–H and O–H groups in total. The highest BCUT2D eigenvalue weighted by Gasteiger charge is 2.26. The van der Waals surface area contributed by atoms with Crippen LogP contribution in [-0.2, 0) is 0 Å². The number of amides is 1. The molecule has 1 aliphatic heterocycles. The highest BCUT2D eigenvalue weighted by molar-refractivity contribution is 5.97. The maximum absolute atomic E-state index is 12.0. The number of β-amino-alcohol motifs (C(OH)–C–C–N with tert-alkyl or cyclic N) is 1. The van der Waals surface area contributed by atoms with Crippen LogP contribution in [0.2, 0.25) is 0 Å². The summed E-state index contributed by atoms with van der Waals surface area (Å²) < 4.78 is 0. The first-order valence-corrected chi connectivity index (χ1v) is 5.35. The molecule has 0 saturated carbocycles. The Morgan fingerprint density at radius 2 is 2.25 bits per heavy atom. The van der Waals surface area contributed by atoms with Gasteiger partial charge >= 0.3 is 0 Å². The van der Waals surface area contributed by atoms with Crippen molar-refractivity contribution < 1.29 is 15.0 Å². The summed E-state index contributed by atoms with van der Waals surface area (Å²) in [6.07, 6.45) is 0.175. The zero-order valence-corrected chi connectivity index (χ0v) is 9.18. The van der Waals surface area contributed by atoms with Crippen molar-refractivity contribution in [1.82, 2.24) is 4.90 Å². The summed E-state index contributed by atoms with van der Waals surface area (Å²) in [6.45, 7) is 2.66. The zero-order valence-electron chi connectivity index (χ0n) is 9.18. The van der Waals surface area contributed by atoms with Crippen LogP contribution in [-0.4, -0.2) is 40.2 Å². The Labute approximate surface area is 94.1 Å². The molecule has 1 aromatic carbocycles. The summed E-state index contributed by atoms with van der Waals surface area (Å²) in [5.41, 5.74) is 1.000. The van der Waals surface area contributed by atoms with E-state index in [0.29, 0.717) is 30.6 Å². The number of hydrogen-bond donors (Lipinski definition) is 2. The van der Waals surface area contributed by atoms with Gasteiger partial charge in [-0.2, -0.15) is 0 Å². The van der Waals surface area contributed by atoms with Gasteiger partial charge in [0.2, 0.25) is 0 Å². The van der Waals surface area contributed by atoms with Gasteiger partial charge in [-0.05, 0) is 25.0 Å². The number of aromatic hydroxyl groups is 1. The maximum atomic E-state index is 12.0. The number of carbonyl (C=O) groups is 1. The minimum Gasteiger partial charge on any atom is -0.507 e. The van der Waals surface area contributed by atoms with Crippen LogP contribution in [0.3, 0.4) is 0 Å². The van der Waals surface area contributed by atoms with E-state index in [0.717, 1.165) is 0 Å². The van der Waals surface area contributed by atoms with E-state index in [1.165, 1.54) is 0 Å². The normalized spacial score (nSPS) is 20.1. The van der Waals surface area contributed by atoms with Gasteiger partial charge in [0.1, 0.15) is 5.75 Å². The number of carbonyl (C=O) groups excluding carboxylic acids is 1. The first kappa shape index (κ1) is 11.0. The van der Waals surface area contributed by atoms with E-state index in [1.807, 2.05) is 0 Å². The molecule has 1 atom stereocenters. The van der Waals surface area contributed by atoms with Gasteiger partial charge in [-0.3, -0.25) is 4.79 Å². The van der Waals surface area contributed by atoms with Crippen LogP contribution in [0.1, 0.15) is 22.3 Å². The Hall–Kier alpha value is -1.55. The summed E-state index contributed by atoms with van der Waals surface area (Å²) in [7, 11) is 0. The number of aryl methyl sites for hydroxylation is 1. The molecular weight excluding hydrogens is 206 g/mol. The number of likely N-dealkylation sites (tertiary alicyclic amines) is 1. The van der Waals surface area contributed by atoms with E-state index in [1.54, 1.807) is 30.0 Å². The number of phenols is 1. The molecule has 1 saturated heterocycles. The smallest absolute Gasteiger partial charge is 0.257 e. The van der Waals surface area contributed by atoms with Crippen LogP contribution < -0.4 is 0 Å². The van der Waals surface area contributed by atoms with Crippen molar-refractivity contribution in [2.24, 2.45) is 0 Å². The first-order chi connectivity index (χ1) is 7.59. The van der Waals surface area contributed by atoms with Crippen molar-refractivity contribution in [3.05, 3.63) is 29.3 Å². The molecule has 4 heteroatoms. The highest BCUT2D eigenvalue weighted by Crippen LogP contribution is 2.24. The van der Waals surface area contributed by atoms with Crippen LogP contribution in [0, 0.1) is 6.92 Å². The molecule has 16 heavy (non-hydrogen) atoms. The van der Waals surface area contributed by atoms with Crippen molar-refractivity contribution in [3.8, 4) is 5.75 Å². The Balaban J connectivity index is 2.24. The molecule has 1 fully saturated rings. The Morgan fingerprint density at radius 1 is 1.50 bits per heavy atom. The molecule has 1 unspecified atom stereocenters. The quantitative estimate of drug-likeness (QED) is 0.741. The van der Waals surface area contributed by atoms with Crippen LogP contribution >= 0.6 is 0 Å². The van der Waals surface area contributed by atoms with Gasteiger partial charge in [-0.15, -0.1) is 0 Å². The molecule has 0 aliphatic carbocycles. The van der Waals surface area contributed by atoms with Crippen molar-refractivity contribution >= 4 is 5.91 Å². The van der Waals surface area contributed by atoms with Gasteiger partial charge in [-0.1, -0.05) is 12.1 Å². The standard InChI is InChI=1S/C12H15NO3/c1-8-3-2-4-10(11(8)15)12(16)13-6-5-9(14)7-13/h2-4,9,14-15H,5-7H2,1H3. The van der Waals surface area contributed by atoms with Crippen LogP contribution in [0.5, 0.6) is 5.75 Å². The second kappa shape index (κ2) is 4.14. The van der Waals surface area contributed by atoms with E-state index in [9.17, 15) is 15.0 Å². The largest absolute Gasteiger partial charge is 0.507 e. The lowest BCUT2D eigenvalue weighted by atomic mass is 10.1. The predicted octanol–water partition coefficient (Wildman–Crippen LogP) is 0.907. The number of rotatable bonds is 1. The first-order valence-electron chi connectivity index (χ1n) is 5.35. The highest BCUT2D eigenvalue weighted by atomic mass is 16.3. The fraction of sp³-hybridized carbons (Fsp3) is 0.417. The average molecular weight is 221 g/mol. The zero-order chi connectivity index (χ0) is 11.7. The Bertz CT molecular complexity index is 417. The molecule has 1 amide bonds. The van der Waals surface area contributed by atoms with Crippen molar-refractivity contribution in [2.45, 2.75) is 19.4 Å². The van der Waals surface area contributed by atoms with Crippen molar-refractivity contribution in [3.63, 3.8) is 0 Å². The summed E-state index contributed by atoms with van der Waals surface area (Å²) >= 11 is 0. The molecule has 2 rings (SSSR count). The van der Waals surface area contributed by atoms with E-state index in [2.05, 4.69) is 0 Å². The van der Waals surface area contributed by atoms with Crippen LogP contribution in [0.25, 0.3) is 0 Å².